The molecule has 0 radical (unpaired) electrons. The first-order valence-electron chi connectivity index (χ1n) is 7.31. The topological polar surface area (TPSA) is 51.4 Å². The Bertz CT molecular complexity index is 1000. The zero-order chi connectivity index (χ0) is 17.2. The van der Waals surface area contributed by atoms with Crippen molar-refractivity contribution < 1.29 is 12.8 Å². The molecule has 7 heteroatoms. The number of benzene rings is 2. The average molecular weight is 362 g/mol. The first-order valence-corrected chi connectivity index (χ1v) is 9.63. The van der Waals surface area contributed by atoms with E-state index in [1.54, 1.807) is 0 Å². The molecule has 0 fully saturated rings. The summed E-state index contributed by atoms with van der Waals surface area (Å²) in [7, 11) is -3.88. The largest absolute Gasteiger partial charge is 0.316 e. The van der Waals surface area contributed by atoms with Crippen molar-refractivity contribution >= 4 is 21.4 Å². The Morgan fingerprint density at radius 3 is 2.38 bits per heavy atom. The Balaban J connectivity index is 2.11. The molecule has 0 spiro atoms. The fourth-order valence-electron chi connectivity index (χ4n) is 2.31. The van der Waals surface area contributed by atoms with Crippen LogP contribution < -0.4 is 4.80 Å². The minimum absolute atomic E-state index is 0.0267. The van der Waals surface area contributed by atoms with Crippen LogP contribution in [0.2, 0.25) is 0 Å². The molecule has 0 N–H and O–H groups in total. The third-order valence-corrected chi connectivity index (χ3v) is 5.75. The van der Waals surface area contributed by atoms with E-state index in [0.29, 0.717) is 11.3 Å². The predicted molar refractivity (Wildman–Crippen MR) is 92.6 cm³/mol. The summed E-state index contributed by atoms with van der Waals surface area (Å²) in [4.78, 5) is 0.363. The zero-order valence-corrected chi connectivity index (χ0v) is 14.5. The van der Waals surface area contributed by atoms with E-state index in [1.807, 2.05) is 47.2 Å². The van der Waals surface area contributed by atoms with Gasteiger partial charge in [-0.15, -0.1) is 15.7 Å². The molecule has 0 aliphatic heterocycles. The maximum atomic E-state index is 13.0. The minimum atomic E-state index is -3.88. The van der Waals surface area contributed by atoms with Gasteiger partial charge in [-0.25, -0.2) is 4.39 Å². The van der Waals surface area contributed by atoms with Crippen molar-refractivity contribution in [3.8, 4) is 11.3 Å². The molecule has 0 bridgehead atoms. The SMILES string of the molecule is CCn1c(-c2ccccc2)cs/c1=N/S(=O)(=O)c1ccc(F)cc1. The van der Waals surface area contributed by atoms with E-state index < -0.39 is 15.8 Å². The van der Waals surface area contributed by atoms with Crippen LogP contribution in [0.25, 0.3) is 11.3 Å². The highest BCUT2D eigenvalue weighted by Gasteiger charge is 2.14. The van der Waals surface area contributed by atoms with Crippen LogP contribution in [0.15, 0.2) is 69.3 Å². The number of hydrogen-bond donors (Lipinski definition) is 0. The minimum Gasteiger partial charge on any atom is -0.316 e. The third kappa shape index (κ3) is 3.32. The van der Waals surface area contributed by atoms with Crippen LogP contribution in [0, 0.1) is 5.82 Å². The molecule has 3 aromatic rings. The number of sulfonamides is 1. The molecule has 0 saturated heterocycles. The van der Waals surface area contributed by atoms with Crippen LogP contribution in [0.3, 0.4) is 0 Å². The van der Waals surface area contributed by atoms with Crippen LogP contribution in [0.4, 0.5) is 4.39 Å². The van der Waals surface area contributed by atoms with Gasteiger partial charge in [-0.1, -0.05) is 30.3 Å². The van der Waals surface area contributed by atoms with Gasteiger partial charge in [-0.3, -0.25) is 0 Å². The standard InChI is InChI=1S/C17H15FN2O2S2/c1-2-20-16(13-6-4-3-5-7-13)12-23-17(20)19-24(21,22)15-10-8-14(18)9-11-15/h3-12H,2H2,1H3/b19-17+. The third-order valence-electron chi connectivity index (χ3n) is 3.49. The summed E-state index contributed by atoms with van der Waals surface area (Å²) in [6.45, 7) is 2.52. The summed E-state index contributed by atoms with van der Waals surface area (Å²) in [5.41, 5.74) is 1.91. The Morgan fingerprint density at radius 2 is 1.75 bits per heavy atom. The molecular formula is C17H15FN2O2S2. The van der Waals surface area contributed by atoms with Gasteiger partial charge >= 0.3 is 0 Å². The van der Waals surface area contributed by atoms with Gasteiger partial charge in [0.1, 0.15) is 5.82 Å². The Morgan fingerprint density at radius 1 is 1.08 bits per heavy atom. The normalized spacial score (nSPS) is 12.5. The predicted octanol–water partition coefficient (Wildman–Crippen LogP) is 3.67. The molecule has 1 aromatic heterocycles. The van der Waals surface area contributed by atoms with Crippen molar-refractivity contribution in [2.75, 3.05) is 0 Å². The van der Waals surface area contributed by atoms with Crippen LogP contribution >= 0.6 is 11.3 Å². The van der Waals surface area contributed by atoms with Crippen LogP contribution in [-0.4, -0.2) is 13.0 Å². The molecule has 0 saturated carbocycles. The van der Waals surface area contributed by atoms with Gasteiger partial charge in [0.05, 0.1) is 10.6 Å². The molecular weight excluding hydrogens is 347 g/mol. The smallest absolute Gasteiger partial charge is 0.285 e. The van der Waals surface area contributed by atoms with E-state index in [-0.39, 0.29) is 4.90 Å². The average Bonchev–Trinajstić information content (AvgIpc) is 2.98. The van der Waals surface area contributed by atoms with Crippen LogP contribution in [-0.2, 0) is 16.6 Å². The summed E-state index contributed by atoms with van der Waals surface area (Å²) >= 11 is 1.26. The lowest BCUT2D eigenvalue weighted by molar-refractivity contribution is 0.594. The molecule has 0 atom stereocenters. The molecule has 0 unspecified atom stereocenters. The summed E-state index contributed by atoms with van der Waals surface area (Å²) in [6.07, 6.45) is 0. The Kier molecular flexibility index (Phi) is 4.64. The van der Waals surface area contributed by atoms with E-state index in [0.717, 1.165) is 23.4 Å². The van der Waals surface area contributed by atoms with Crippen LogP contribution in [0.1, 0.15) is 6.92 Å². The molecule has 1 heterocycles. The van der Waals surface area contributed by atoms with Gasteiger partial charge in [0.25, 0.3) is 10.0 Å². The molecule has 4 nitrogen and oxygen atoms in total. The molecule has 0 aliphatic rings. The lowest BCUT2D eigenvalue weighted by Gasteiger charge is -2.06. The number of hydrogen-bond acceptors (Lipinski definition) is 3. The second-order valence-corrected chi connectivity index (χ2v) is 7.47. The summed E-state index contributed by atoms with van der Waals surface area (Å²) in [5.74, 6) is -0.486. The van der Waals surface area contributed by atoms with E-state index in [4.69, 9.17) is 0 Å². The highest BCUT2D eigenvalue weighted by atomic mass is 32.2. The van der Waals surface area contributed by atoms with Gasteiger partial charge in [0.15, 0.2) is 0 Å². The highest BCUT2D eigenvalue weighted by Crippen LogP contribution is 2.20. The van der Waals surface area contributed by atoms with Crippen molar-refractivity contribution in [3.63, 3.8) is 0 Å². The van der Waals surface area contributed by atoms with Crippen molar-refractivity contribution in [2.45, 2.75) is 18.4 Å². The highest BCUT2D eigenvalue weighted by molar-refractivity contribution is 7.90. The van der Waals surface area contributed by atoms with E-state index in [2.05, 4.69) is 4.40 Å². The van der Waals surface area contributed by atoms with Gasteiger partial charge in [-0.2, -0.15) is 8.42 Å². The fourth-order valence-corrected chi connectivity index (χ4v) is 4.50. The molecule has 3 rings (SSSR count). The second-order valence-electron chi connectivity index (χ2n) is 5.03. The number of thiazole rings is 1. The second kappa shape index (κ2) is 6.70. The fraction of sp³-hybridized carbons (Fsp3) is 0.118. The van der Waals surface area contributed by atoms with Crippen molar-refractivity contribution in [1.29, 1.82) is 0 Å². The van der Waals surface area contributed by atoms with E-state index in [9.17, 15) is 12.8 Å². The molecule has 124 valence electrons. The first-order chi connectivity index (χ1) is 11.5. The van der Waals surface area contributed by atoms with Gasteiger partial charge in [-0.05, 0) is 36.8 Å². The maximum Gasteiger partial charge on any atom is 0.285 e. The summed E-state index contributed by atoms with van der Waals surface area (Å²) < 4.78 is 43.6. The van der Waals surface area contributed by atoms with Gasteiger partial charge in [0.2, 0.25) is 4.80 Å². The molecule has 0 amide bonds. The van der Waals surface area contributed by atoms with Crippen molar-refractivity contribution in [1.82, 2.24) is 4.57 Å². The quantitative estimate of drug-likeness (QED) is 0.711. The van der Waals surface area contributed by atoms with Gasteiger partial charge in [0, 0.05) is 11.9 Å². The maximum absolute atomic E-state index is 13.0. The zero-order valence-electron chi connectivity index (χ0n) is 12.9. The van der Waals surface area contributed by atoms with Gasteiger partial charge < -0.3 is 4.57 Å². The van der Waals surface area contributed by atoms with Crippen molar-refractivity contribution in [3.05, 3.63) is 70.6 Å². The van der Waals surface area contributed by atoms with E-state index >= 15 is 0 Å². The molecule has 24 heavy (non-hydrogen) atoms. The number of rotatable bonds is 4. The number of aromatic nitrogens is 1. The molecule has 2 aromatic carbocycles. The lowest BCUT2D eigenvalue weighted by Crippen LogP contribution is -2.17. The van der Waals surface area contributed by atoms with Crippen LogP contribution in [0.5, 0.6) is 0 Å². The number of nitrogens with zero attached hydrogens (tertiary/aromatic N) is 2. The summed E-state index contributed by atoms with van der Waals surface area (Å²) in [5, 5.41) is 1.89. The van der Waals surface area contributed by atoms with Crippen molar-refractivity contribution in [2.24, 2.45) is 4.40 Å². The lowest BCUT2D eigenvalue weighted by atomic mass is 10.2. The Labute approximate surface area is 143 Å². The Hall–Kier alpha value is -2.25. The first kappa shape index (κ1) is 16.6. The monoisotopic (exact) mass is 362 g/mol. The van der Waals surface area contributed by atoms with E-state index in [1.165, 1.54) is 23.5 Å². The molecule has 0 aliphatic carbocycles. The number of halogens is 1. The summed E-state index contributed by atoms with van der Waals surface area (Å²) in [6, 6.07) is 14.4.